The molecular weight excluding hydrogens is 220 g/mol. The molecule has 2 rings (SSSR count). The number of esters is 1. The van der Waals surface area contributed by atoms with E-state index in [-0.39, 0.29) is 11.9 Å². The first-order valence-electron chi connectivity index (χ1n) is 5.41. The number of anilines is 1. The Morgan fingerprint density at radius 2 is 2.29 bits per heavy atom. The summed E-state index contributed by atoms with van der Waals surface area (Å²) in [4.78, 5) is 23.1. The van der Waals surface area contributed by atoms with Crippen LogP contribution in [0.2, 0.25) is 0 Å². The number of hydrogen-bond acceptors (Lipinski definition) is 4. The van der Waals surface area contributed by atoms with Crippen LogP contribution in [0.1, 0.15) is 22.3 Å². The SMILES string of the molecule is Cc1cc(C(=O)NC2CCOC2=O)ccc1N. The Kier molecular flexibility index (Phi) is 2.99. The summed E-state index contributed by atoms with van der Waals surface area (Å²) < 4.78 is 4.77. The van der Waals surface area contributed by atoms with Crippen molar-refractivity contribution in [1.29, 1.82) is 0 Å². The Morgan fingerprint density at radius 3 is 2.88 bits per heavy atom. The van der Waals surface area contributed by atoms with Crippen LogP contribution >= 0.6 is 0 Å². The van der Waals surface area contributed by atoms with Crippen molar-refractivity contribution in [2.24, 2.45) is 0 Å². The highest BCUT2D eigenvalue weighted by Gasteiger charge is 2.28. The lowest BCUT2D eigenvalue weighted by Gasteiger charge is -2.09. The fraction of sp³-hybridized carbons (Fsp3) is 0.333. The second-order valence-electron chi connectivity index (χ2n) is 4.05. The Hall–Kier alpha value is -2.04. The van der Waals surface area contributed by atoms with Crippen molar-refractivity contribution < 1.29 is 14.3 Å². The van der Waals surface area contributed by atoms with E-state index in [4.69, 9.17) is 10.5 Å². The molecule has 0 saturated carbocycles. The molecule has 1 aromatic carbocycles. The van der Waals surface area contributed by atoms with E-state index in [0.29, 0.717) is 24.3 Å². The van der Waals surface area contributed by atoms with Crippen molar-refractivity contribution in [3.63, 3.8) is 0 Å². The van der Waals surface area contributed by atoms with Crippen molar-refractivity contribution in [1.82, 2.24) is 5.32 Å². The van der Waals surface area contributed by atoms with E-state index in [9.17, 15) is 9.59 Å². The Labute approximate surface area is 98.9 Å². The van der Waals surface area contributed by atoms with Crippen molar-refractivity contribution in [3.8, 4) is 0 Å². The van der Waals surface area contributed by atoms with Gasteiger partial charge in [0.1, 0.15) is 6.04 Å². The highest BCUT2D eigenvalue weighted by molar-refractivity contribution is 5.97. The van der Waals surface area contributed by atoms with Gasteiger partial charge in [0.25, 0.3) is 5.91 Å². The second kappa shape index (κ2) is 4.45. The molecule has 1 atom stereocenters. The van der Waals surface area contributed by atoms with E-state index in [1.807, 2.05) is 6.92 Å². The predicted molar refractivity (Wildman–Crippen MR) is 62.4 cm³/mol. The van der Waals surface area contributed by atoms with Crippen LogP contribution in [0.4, 0.5) is 5.69 Å². The minimum atomic E-state index is -0.527. The summed E-state index contributed by atoms with van der Waals surface area (Å²) in [6.45, 7) is 2.19. The average Bonchev–Trinajstić information content (AvgIpc) is 2.68. The van der Waals surface area contributed by atoms with Gasteiger partial charge in [0, 0.05) is 17.7 Å². The monoisotopic (exact) mass is 234 g/mol. The van der Waals surface area contributed by atoms with Crippen molar-refractivity contribution in [2.75, 3.05) is 12.3 Å². The van der Waals surface area contributed by atoms with E-state index in [0.717, 1.165) is 5.56 Å². The largest absolute Gasteiger partial charge is 0.464 e. The minimum absolute atomic E-state index is 0.281. The molecule has 1 saturated heterocycles. The number of nitrogens with two attached hydrogens (primary N) is 1. The van der Waals surface area contributed by atoms with E-state index in [1.54, 1.807) is 18.2 Å². The molecule has 1 aliphatic rings. The number of carbonyl (C=O) groups is 2. The third kappa shape index (κ3) is 2.38. The topological polar surface area (TPSA) is 81.4 Å². The fourth-order valence-corrected chi connectivity index (χ4v) is 1.69. The second-order valence-corrected chi connectivity index (χ2v) is 4.05. The van der Waals surface area contributed by atoms with Gasteiger partial charge >= 0.3 is 5.97 Å². The summed E-state index contributed by atoms with van der Waals surface area (Å²) in [5.74, 6) is -0.650. The third-order valence-corrected chi connectivity index (χ3v) is 2.77. The number of amides is 1. The first-order chi connectivity index (χ1) is 8.08. The normalized spacial score (nSPS) is 18.9. The Balaban J connectivity index is 2.09. The molecule has 1 aromatic rings. The quantitative estimate of drug-likeness (QED) is 0.580. The zero-order valence-corrected chi connectivity index (χ0v) is 9.53. The van der Waals surface area contributed by atoms with Crippen LogP contribution < -0.4 is 11.1 Å². The molecule has 90 valence electrons. The van der Waals surface area contributed by atoms with Crippen LogP contribution in [0.25, 0.3) is 0 Å². The van der Waals surface area contributed by atoms with Gasteiger partial charge in [0.2, 0.25) is 0 Å². The van der Waals surface area contributed by atoms with Crippen molar-refractivity contribution >= 4 is 17.6 Å². The number of cyclic esters (lactones) is 1. The van der Waals surface area contributed by atoms with Gasteiger partial charge in [-0.15, -0.1) is 0 Å². The number of hydrogen-bond donors (Lipinski definition) is 2. The van der Waals surface area contributed by atoms with Crippen LogP contribution in [-0.4, -0.2) is 24.5 Å². The van der Waals surface area contributed by atoms with Gasteiger partial charge in [0.15, 0.2) is 0 Å². The van der Waals surface area contributed by atoms with E-state index >= 15 is 0 Å². The molecular formula is C12H14N2O3. The van der Waals surface area contributed by atoms with Gasteiger partial charge in [0.05, 0.1) is 6.61 Å². The summed E-state index contributed by atoms with van der Waals surface area (Å²) in [6.07, 6.45) is 0.526. The summed E-state index contributed by atoms with van der Waals surface area (Å²) in [5.41, 5.74) is 7.65. The zero-order chi connectivity index (χ0) is 12.4. The smallest absolute Gasteiger partial charge is 0.328 e. The molecule has 5 nitrogen and oxygen atoms in total. The summed E-state index contributed by atoms with van der Waals surface area (Å²) >= 11 is 0. The van der Waals surface area contributed by atoms with Crippen LogP contribution in [0.15, 0.2) is 18.2 Å². The molecule has 0 aliphatic carbocycles. The molecule has 0 spiro atoms. The predicted octanol–water partition coefficient (Wildman–Crippen LogP) is 0.623. The number of aryl methyl sites for hydroxylation is 1. The summed E-state index contributed by atoms with van der Waals surface area (Å²) in [5, 5.41) is 2.64. The van der Waals surface area contributed by atoms with Gasteiger partial charge in [-0.25, -0.2) is 4.79 Å². The summed E-state index contributed by atoms with van der Waals surface area (Å²) in [6, 6.07) is 4.49. The number of benzene rings is 1. The zero-order valence-electron chi connectivity index (χ0n) is 9.53. The number of carbonyl (C=O) groups excluding carboxylic acids is 2. The standard InChI is InChI=1S/C12H14N2O3/c1-7-6-8(2-3-9(7)13)11(15)14-10-4-5-17-12(10)16/h2-3,6,10H,4-5,13H2,1H3,(H,14,15). The molecule has 0 bridgehead atoms. The maximum Gasteiger partial charge on any atom is 0.328 e. The Bertz CT molecular complexity index is 471. The van der Waals surface area contributed by atoms with Gasteiger partial charge in [-0.3, -0.25) is 4.79 Å². The summed E-state index contributed by atoms with van der Waals surface area (Å²) in [7, 11) is 0. The van der Waals surface area contributed by atoms with Crippen LogP contribution in [-0.2, 0) is 9.53 Å². The van der Waals surface area contributed by atoms with Gasteiger partial charge in [-0.1, -0.05) is 0 Å². The number of nitrogens with one attached hydrogen (secondary N) is 1. The lowest BCUT2D eigenvalue weighted by atomic mass is 10.1. The fourth-order valence-electron chi connectivity index (χ4n) is 1.69. The number of rotatable bonds is 2. The molecule has 1 amide bonds. The van der Waals surface area contributed by atoms with E-state index < -0.39 is 6.04 Å². The molecule has 0 radical (unpaired) electrons. The number of nitrogen functional groups attached to an aromatic ring is 1. The van der Waals surface area contributed by atoms with Crippen LogP contribution in [0, 0.1) is 6.92 Å². The molecule has 1 heterocycles. The highest BCUT2D eigenvalue weighted by atomic mass is 16.5. The van der Waals surface area contributed by atoms with E-state index in [1.165, 1.54) is 0 Å². The highest BCUT2D eigenvalue weighted by Crippen LogP contribution is 2.13. The maximum absolute atomic E-state index is 11.9. The Morgan fingerprint density at radius 1 is 1.53 bits per heavy atom. The lowest BCUT2D eigenvalue weighted by molar-refractivity contribution is -0.139. The third-order valence-electron chi connectivity index (χ3n) is 2.77. The minimum Gasteiger partial charge on any atom is -0.464 e. The lowest BCUT2D eigenvalue weighted by Crippen LogP contribution is -2.37. The molecule has 1 unspecified atom stereocenters. The molecule has 1 fully saturated rings. The molecule has 3 N–H and O–H groups in total. The first-order valence-corrected chi connectivity index (χ1v) is 5.41. The van der Waals surface area contributed by atoms with Crippen molar-refractivity contribution in [3.05, 3.63) is 29.3 Å². The molecule has 17 heavy (non-hydrogen) atoms. The van der Waals surface area contributed by atoms with Crippen LogP contribution in [0.5, 0.6) is 0 Å². The average molecular weight is 234 g/mol. The van der Waals surface area contributed by atoms with Crippen LogP contribution in [0.3, 0.4) is 0 Å². The number of ether oxygens (including phenoxy) is 1. The van der Waals surface area contributed by atoms with Gasteiger partial charge < -0.3 is 15.8 Å². The molecule has 5 heteroatoms. The first kappa shape index (κ1) is 11.4. The van der Waals surface area contributed by atoms with Gasteiger partial charge in [-0.2, -0.15) is 0 Å². The van der Waals surface area contributed by atoms with Gasteiger partial charge in [-0.05, 0) is 30.7 Å². The molecule has 0 aromatic heterocycles. The molecule has 1 aliphatic heterocycles. The van der Waals surface area contributed by atoms with E-state index in [2.05, 4.69) is 5.32 Å². The maximum atomic E-state index is 11.9. The van der Waals surface area contributed by atoms with Crippen molar-refractivity contribution in [2.45, 2.75) is 19.4 Å².